The Labute approximate surface area is 143 Å². The summed E-state index contributed by atoms with van der Waals surface area (Å²) in [6, 6.07) is 4.63. The van der Waals surface area contributed by atoms with Crippen LogP contribution in [0.1, 0.15) is 6.42 Å². The molecule has 1 atom stereocenters. The second-order valence-electron chi connectivity index (χ2n) is 5.07. The van der Waals surface area contributed by atoms with Crippen LogP contribution in [0.3, 0.4) is 0 Å². The van der Waals surface area contributed by atoms with Gasteiger partial charge in [-0.1, -0.05) is 29.3 Å². The van der Waals surface area contributed by atoms with E-state index in [1.54, 1.807) is 12.1 Å². The van der Waals surface area contributed by atoms with Crippen LogP contribution >= 0.6 is 23.2 Å². The highest BCUT2D eigenvalue weighted by Gasteiger charge is 2.23. The Bertz CT molecular complexity index is 762. The first kappa shape index (κ1) is 17.8. The number of nitrogens with one attached hydrogen (secondary N) is 2. The highest BCUT2D eigenvalue weighted by atomic mass is 35.5. The number of rotatable bonds is 5. The molecule has 1 aromatic rings. The monoisotopic (exact) mass is 376 g/mol. The molecule has 0 aromatic heterocycles. The number of hydrogen-bond acceptors (Lipinski definition) is 4. The van der Waals surface area contributed by atoms with Crippen LogP contribution < -0.4 is 10.6 Å². The van der Waals surface area contributed by atoms with Crippen molar-refractivity contribution in [2.24, 2.45) is 5.92 Å². The number of carbonyl (C=O) groups is 2. The molecule has 0 aliphatic carbocycles. The molecule has 124 valence electrons. The maximum Gasteiger partial charge on any atom is 0.243 e. The molecule has 2 amide bonds. The molecule has 9 heteroatoms. The van der Waals surface area contributed by atoms with Gasteiger partial charge in [0.1, 0.15) is 0 Å². The number of amides is 2. The first-order valence-corrected chi connectivity index (χ1v) is 9.15. The first-order valence-electron chi connectivity index (χ1n) is 6.68. The Kier molecular flexibility index (Phi) is 5.67. The van der Waals surface area contributed by atoms with Crippen molar-refractivity contribution in [3.63, 3.8) is 0 Å². The molecule has 0 spiro atoms. The molecule has 0 bridgehead atoms. The minimum Gasteiger partial charge on any atom is -0.347 e. The topological polar surface area (TPSA) is 92.3 Å². The number of carbonyl (C=O) groups excluding carboxylic acids is 2. The molecule has 1 aliphatic rings. The van der Waals surface area contributed by atoms with Crippen LogP contribution in [0, 0.1) is 5.92 Å². The number of sulfone groups is 1. The van der Waals surface area contributed by atoms with Crippen molar-refractivity contribution >= 4 is 50.5 Å². The number of benzene rings is 1. The highest BCUT2D eigenvalue weighted by molar-refractivity contribution is 7.94. The number of hydrogen-bond donors (Lipinski definition) is 2. The zero-order chi connectivity index (χ0) is 17.0. The van der Waals surface area contributed by atoms with Gasteiger partial charge in [0.2, 0.25) is 11.8 Å². The lowest BCUT2D eigenvalue weighted by Gasteiger charge is -2.10. The van der Waals surface area contributed by atoms with Crippen LogP contribution in [0.2, 0.25) is 10.0 Å². The average Bonchev–Trinajstić information content (AvgIpc) is 2.79. The average molecular weight is 377 g/mol. The highest BCUT2D eigenvalue weighted by Crippen LogP contribution is 2.25. The second kappa shape index (κ2) is 7.33. The molecule has 1 aromatic carbocycles. The van der Waals surface area contributed by atoms with Crippen molar-refractivity contribution in [2.45, 2.75) is 6.42 Å². The SMILES string of the molecule is O=C(C[C@H]1C=CS(=O)(=O)C1)NCC(=O)Nc1cc(Cl)ccc1Cl. The lowest BCUT2D eigenvalue weighted by atomic mass is 10.1. The van der Waals surface area contributed by atoms with Crippen LogP contribution in [0.15, 0.2) is 29.7 Å². The van der Waals surface area contributed by atoms with E-state index in [0.717, 1.165) is 5.41 Å². The molecule has 0 saturated heterocycles. The van der Waals surface area contributed by atoms with Gasteiger partial charge in [-0.2, -0.15) is 0 Å². The second-order valence-corrected chi connectivity index (χ2v) is 7.85. The van der Waals surface area contributed by atoms with E-state index >= 15 is 0 Å². The molecule has 6 nitrogen and oxygen atoms in total. The quantitative estimate of drug-likeness (QED) is 0.821. The van der Waals surface area contributed by atoms with Crippen molar-refractivity contribution in [3.05, 3.63) is 39.7 Å². The molecule has 0 saturated carbocycles. The van der Waals surface area contributed by atoms with E-state index < -0.39 is 21.7 Å². The predicted molar refractivity (Wildman–Crippen MR) is 89.1 cm³/mol. The fraction of sp³-hybridized carbons (Fsp3) is 0.286. The van der Waals surface area contributed by atoms with Crippen LogP contribution in [0.5, 0.6) is 0 Å². The third-order valence-electron chi connectivity index (χ3n) is 3.10. The Hall–Kier alpha value is -1.57. The summed E-state index contributed by atoms with van der Waals surface area (Å²) in [5, 5.41) is 6.83. The van der Waals surface area contributed by atoms with Crippen LogP contribution in [-0.4, -0.2) is 32.5 Å². The van der Waals surface area contributed by atoms with Gasteiger partial charge in [-0.3, -0.25) is 9.59 Å². The molecule has 1 aliphatic heterocycles. The lowest BCUT2D eigenvalue weighted by Crippen LogP contribution is -2.34. The van der Waals surface area contributed by atoms with E-state index in [1.807, 2.05) is 0 Å². The number of allylic oxidation sites excluding steroid dienone is 1. The smallest absolute Gasteiger partial charge is 0.243 e. The fourth-order valence-electron chi connectivity index (χ4n) is 2.04. The summed E-state index contributed by atoms with van der Waals surface area (Å²) in [5.41, 5.74) is 0.350. The molecule has 2 N–H and O–H groups in total. The molecular formula is C14H14Cl2N2O4S. The third kappa shape index (κ3) is 5.53. The van der Waals surface area contributed by atoms with E-state index in [0.29, 0.717) is 15.7 Å². The zero-order valence-corrected chi connectivity index (χ0v) is 14.2. The van der Waals surface area contributed by atoms with Gasteiger partial charge < -0.3 is 10.6 Å². The van der Waals surface area contributed by atoms with Crippen molar-refractivity contribution in [3.8, 4) is 0 Å². The zero-order valence-electron chi connectivity index (χ0n) is 11.9. The van der Waals surface area contributed by atoms with E-state index in [4.69, 9.17) is 23.2 Å². The van der Waals surface area contributed by atoms with Crippen LogP contribution in [0.25, 0.3) is 0 Å². The summed E-state index contributed by atoms with van der Waals surface area (Å²) in [4.78, 5) is 23.5. The van der Waals surface area contributed by atoms with Gasteiger partial charge in [0.15, 0.2) is 9.84 Å². The molecule has 0 fully saturated rings. The van der Waals surface area contributed by atoms with E-state index in [-0.39, 0.29) is 24.6 Å². The van der Waals surface area contributed by atoms with Gasteiger partial charge in [-0.15, -0.1) is 0 Å². The summed E-state index contributed by atoms with van der Waals surface area (Å²) >= 11 is 11.7. The van der Waals surface area contributed by atoms with Gasteiger partial charge in [0.05, 0.1) is 23.0 Å². The summed E-state index contributed by atoms with van der Waals surface area (Å²) in [7, 11) is -3.19. The minimum atomic E-state index is -3.19. The Morgan fingerprint density at radius 1 is 1.22 bits per heavy atom. The molecule has 1 heterocycles. The lowest BCUT2D eigenvalue weighted by molar-refractivity contribution is -0.124. The van der Waals surface area contributed by atoms with Crippen molar-refractivity contribution in [1.82, 2.24) is 5.32 Å². The van der Waals surface area contributed by atoms with Gasteiger partial charge >= 0.3 is 0 Å². The Balaban J connectivity index is 1.79. The number of anilines is 1. The number of halogens is 2. The van der Waals surface area contributed by atoms with Crippen molar-refractivity contribution in [2.75, 3.05) is 17.6 Å². The molecule has 23 heavy (non-hydrogen) atoms. The van der Waals surface area contributed by atoms with Gasteiger partial charge in [0.25, 0.3) is 0 Å². The first-order chi connectivity index (χ1) is 10.7. The summed E-state index contributed by atoms with van der Waals surface area (Å²) in [6.07, 6.45) is 1.50. The fourth-order valence-corrected chi connectivity index (χ4v) is 3.78. The maximum atomic E-state index is 11.8. The molecule has 0 radical (unpaired) electrons. The molecule has 2 rings (SSSR count). The molecule has 0 unspecified atom stereocenters. The third-order valence-corrected chi connectivity index (χ3v) is 5.13. The van der Waals surface area contributed by atoms with Gasteiger partial charge in [-0.05, 0) is 18.2 Å². The Morgan fingerprint density at radius 3 is 2.61 bits per heavy atom. The van der Waals surface area contributed by atoms with E-state index in [2.05, 4.69) is 10.6 Å². The van der Waals surface area contributed by atoms with Crippen molar-refractivity contribution in [1.29, 1.82) is 0 Å². The van der Waals surface area contributed by atoms with E-state index in [9.17, 15) is 18.0 Å². The maximum absolute atomic E-state index is 11.8. The normalized spacial score (nSPS) is 18.6. The predicted octanol–water partition coefficient (Wildman–Crippen LogP) is 2.00. The summed E-state index contributed by atoms with van der Waals surface area (Å²) in [6.45, 7) is -0.245. The minimum absolute atomic E-state index is 0.0148. The summed E-state index contributed by atoms with van der Waals surface area (Å²) < 4.78 is 22.5. The Morgan fingerprint density at radius 2 is 1.96 bits per heavy atom. The van der Waals surface area contributed by atoms with Gasteiger partial charge in [-0.25, -0.2) is 8.42 Å². The largest absolute Gasteiger partial charge is 0.347 e. The standard InChI is InChI=1S/C14H14Cl2N2O4S/c15-10-1-2-11(16)12(6-10)18-14(20)7-17-13(19)5-9-3-4-23(21,22)8-9/h1-4,6,9H,5,7-8H2,(H,17,19)(H,18,20)/t9-/m1/s1. The van der Waals surface area contributed by atoms with Crippen LogP contribution in [0.4, 0.5) is 5.69 Å². The van der Waals surface area contributed by atoms with Gasteiger partial charge in [0, 0.05) is 22.8 Å². The van der Waals surface area contributed by atoms with Crippen molar-refractivity contribution < 1.29 is 18.0 Å². The summed E-state index contributed by atoms with van der Waals surface area (Å²) in [5.74, 6) is -1.29. The molecular weight excluding hydrogens is 363 g/mol. The van der Waals surface area contributed by atoms with Crippen LogP contribution in [-0.2, 0) is 19.4 Å². The van der Waals surface area contributed by atoms with E-state index in [1.165, 1.54) is 12.1 Å².